The number of fused-ring (bicyclic) bond motifs is 2. The first-order valence-corrected chi connectivity index (χ1v) is 12.4. The van der Waals surface area contributed by atoms with E-state index in [4.69, 9.17) is 5.11 Å². The summed E-state index contributed by atoms with van der Waals surface area (Å²) in [5.74, 6) is 0.564. The second-order valence-electron chi connectivity index (χ2n) is 9.01. The van der Waals surface area contributed by atoms with Crippen molar-refractivity contribution in [2.45, 2.75) is 6.92 Å². The van der Waals surface area contributed by atoms with Gasteiger partial charge in [0, 0.05) is 41.8 Å². The van der Waals surface area contributed by atoms with E-state index in [2.05, 4.69) is 96.6 Å². The first kappa shape index (κ1) is 24.8. The number of nitrogens with one attached hydrogen (secondary N) is 5. The largest absolute Gasteiger partial charge is 0.480 e. The number of aromatic nitrogens is 2. The zero-order chi connectivity index (χ0) is 26.5. The average molecular weight is 512 g/mol. The Balaban J connectivity index is 0.000000323. The second kappa shape index (κ2) is 11.0. The third kappa shape index (κ3) is 5.92. The van der Waals surface area contributed by atoms with Crippen LogP contribution in [0.25, 0.3) is 34.0 Å². The fraction of sp³-hybridized carbons (Fsp3) is 0.214. The maximum Gasteiger partial charge on any atom is 0.322 e. The lowest BCUT2D eigenvalue weighted by Crippen LogP contribution is -2.26. The molecule has 0 spiro atoms. The van der Waals surface area contributed by atoms with Crippen LogP contribution in [-0.2, 0) is 9.59 Å². The van der Waals surface area contributed by atoms with Gasteiger partial charge in [-0.3, -0.25) is 19.6 Å². The van der Waals surface area contributed by atoms with Crippen molar-refractivity contribution in [3.8, 4) is 0 Å². The molecule has 4 heterocycles. The van der Waals surface area contributed by atoms with Gasteiger partial charge in [-0.1, -0.05) is 36.4 Å². The van der Waals surface area contributed by atoms with E-state index in [1.165, 1.54) is 17.7 Å². The van der Waals surface area contributed by atoms with Gasteiger partial charge >= 0.3 is 5.97 Å². The smallest absolute Gasteiger partial charge is 0.322 e. The van der Waals surface area contributed by atoms with Crippen LogP contribution in [0.3, 0.4) is 0 Å². The Morgan fingerprint density at radius 1 is 0.842 bits per heavy atom. The standard InChI is InChI=1S/C24H22N6.C4H7NO3/c1(15-3-5-17-13-21(29-19(17)11-15)23-25-7-8-26-23)2-16-4-6-18-14-22(30-20(18)12-16)24-27-9-10-28-24;1-3(6)5-2-4(7)8/h1-6,11-14,29-30H,7-10H2,(H,25,26)(H,27,28);2H2,1H3,(H,5,6)(H,7,8)/b2-1-;. The fourth-order valence-electron chi connectivity index (χ4n) is 4.30. The van der Waals surface area contributed by atoms with Crippen molar-refractivity contribution >= 4 is 57.5 Å². The normalized spacial score (nSPS) is 14.6. The third-order valence-electron chi connectivity index (χ3n) is 6.11. The van der Waals surface area contributed by atoms with Crippen molar-refractivity contribution < 1.29 is 14.7 Å². The molecule has 2 aromatic heterocycles. The molecule has 1 amide bonds. The number of carboxylic acid groups (broad SMARTS) is 1. The maximum atomic E-state index is 9.97. The van der Waals surface area contributed by atoms with E-state index in [1.54, 1.807) is 0 Å². The van der Waals surface area contributed by atoms with Crippen LogP contribution in [0.5, 0.6) is 0 Å². The molecule has 4 aromatic rings. The molecule has 0 bridgehead atoms. The van der Waals surface area contributed by atoms with Gasteiger partial charge in [-0.15, -0.1) is 0 Å². The van der Waals surface area contributed by atoms with E-state index in [9.17, 15) is 9.59 Å². The summed E-state index contributed by atoms with van der Waals surface area (Å²) in [4.78, 5) is 35.6. The highest BCUT2D eigenvalue weighted by Gasteiger charge is 2.12. The number of amidine groups is 2. The Morgan fingerprint density at radius 2 is 1.34 bits per heavy atom. The average Bonchev–Trinajstić information content (AvgIpc) is 3.72. The molecule has 194 valence electrons. The molecule has 0 fully saturated rings. The number of aliphatic carboxylic acids is 1. The molecule has 2 aliphatic heterocycles. The van der Waals surface area contributed by atoms with E-state index in [0.717, 1.165) is 71.4 Å². The summed E-state index contributed by atoms with van der Waals surface area (Å²) in [6.45, 7) is 4.48. The highest BCUT2D eigenvalue weighted by atomic mass is 16.4. The van der Waals surface area contributed by atoms with Gasteiger partial charge < -0.3 is 31.0 Å². The number of nitrogens with zero attached hydrogens (tertiary/aromatic N) is 2. The van der Waals surface area contributed by atoms with Gasteiger partial charge in [0.05, 0.1) is 24.5 Å². The minimum absolute atomic E-state index is 0.296. The Kier molecular flexibility index (Phi) is 7.21. The van der Waals surface area contributed by atoms with Crippen molar-refractivity contribution in [2.75, 3.05) is 32.7 Å². The molecule has 10 nitrogen and oxygen atoms in total. The summed E-state index contributed by atoms with van der Waals surface area (Å²) in [7, 11) is 0. The lowest BCUT2D eigenvalue weighted by Gasteiger charge is -1.98. The molecule has 0 saturated heterocycles. The van der Waals surface area contributed by atoms with Gasteiger partial charge in [0.1, 0.15) is 18.2 Å². The molecule has 10 heteroatoms. The number of aromatic amines is 2. The van der Waals surface area contributed by atoms with Crippen LogP contribution >= 0.6 is 0 Å². The molecule has 0 aliphatic carbocycles. The maximum absolute atomic E-state index is 9.97. The van der Waals surface area contributed by atoms with E-state index in [1.807, 2.05) is 0 Å². The predicted molar refractivity (Wildman–Crippen MR) is 151 cm³/mol. The van der Waals surface area contributed by atoms with E-state index in [-0.39, 0.29) is 12.5 Å². The topological polar surface area (TPSA) is 147 Å². The van der Waals surface area contributed by atoms with Gasteiger partial charge in [0.15, 0.2) is 0 Å². The van der Waals surface area contributed by atoms with Crippen LogP contribution in [0.4, 0.5) is 0 Å². The first-order valence-electron chi connectivity index (χ1n) is 12.4. The lowest BCUT2D eigenvalue weighted by atomic mass is 10.1. The van der Waals surface area contributed by atoms with Gasteiger partial charge in [-0.05, 0) is 35.4 Å². The molecule has 38 heavy (non-hydrogen) atoms. The highest BCUT2D eigenvalue weighted by Crippen LogP contribution is 2.22. The number of carbonyl (C=O) groups excluding carboxylic acids is 1. The van der Waals surface area contributed by atoms with Gasteiger partial charge in [0.25, 0.3) is 0 Å². The Labute approximate surface area is 219 Å². The summed E-state index contributed by atoms with van der Waals surface area (Å²) in [5, 5.41) is 19.1. The first-order chi connectivity index (χ1) is 18.4. The second-order valence-corrected chi connectivity index (χ2v) is 9.01. The molecule has 6 N–H and O–H groups in total. The van der Waals surface area contributed by atoms with Gasteiger partial charge in [0.2, 0.25) is 5.91 Å². The number of H-pyrrole nitrogens is 2. The lowest BCUT2D eigenvalue weighted by molar-refractivity contribution is -0.137. The van der Waals surface area contributed by atoms with Crippen LogP contribution in [0, 0.1) is 0 Å². The zero-order valence-corrected chi connectivity index (χ0v) is 21.0. The van der Waals surface area contributed by atoms with Crippen LogP contribution < -0.4 is 16.0 Å². The van der Waals surface area contributed by atoms with E-state index < -0.39 is 5.97 Å². The fourth-order valence-corrected chi connectivity index (χ4v) is 4.30. The quantitative estimate of drug-likeness (QED) is 0.220. The molecule has 0 atom stereocenters. The van der Waals surface area contributed by atoms with E-state index >= 15 is 0 Å². The summed E-state index contributed by atoms with van der Waals surface area (Å²) in [5.41, 5.74) is 6.68. The molecule has 2 aliphatic rings. The van der Waals surface area contributed by atoms with Crippen molar-refractivity contribution in [2.24, 2.45) is 9.98 Å². The number of carbonyl (C=O) groups is 2. The highest BCUT2D eigenvalue weighted by molar-refractivity contribution is 6.03. The number of rotatable bonds is 6. The van der Waals surface area contributed by atoms with Crippen LogP contribution in [0.1, 0.15) is 29.4 Å². The number of aliphatic imine (C=N–C) groups is 2. The molecule has 6 rings (SSSR count). The molecule has 2 aromatic carbocycles. The molecule has 0 unspecified atom stereocenters. The molecular formula is C28H29N7O3. The third-order valence-corrected chi connectivity index (χ3v) is 6.11. The monoisotopic (exact) mass is 511 g/mol. The van der Waals surface area contributed by atoms with Crippen molar-refractivity contribution in [3.63, 3.8) is 0 Å². The number of benzene rings is 2. The number of hydrogen-bond acceptors (Lipinski definition) is 6. The number of carboxylic acids is 1. The van der Waals surface area contributed by atoms with Crippen molar-refractivity contribution in [1.29, 1.82) is 0 Å². The summed E-state index contributed by atoms with van der Waals surface area (Å²) < 4.78 is 0. The molecule has 0 radical (unpaired) electrons. The SMILES string of the molecule is C(=C/c1ccc2cc(C3=NCCN3)[nH]c2c1)/c1ccc2cc(C3=NCCN3)[nH]c2c1.CC(=O)NCC(=O)O. The number of amides is 1. The van der Waals surface area contributed by atoms with Crippen LogP contribution in [-0.4, -0.2) is 71.3 Å². The summed E-state index contributed by atoms with van der Waals surface area (Å²) in [6.07, 6.45) is 4.30. The van der Waals surface area contributed by atoms with Crippen LogP contribution in [0.15, 0.2) is 58.5 Å². The Hall–Kier alpha value is -4.86. The van der Waals surface area contributed by atoms with Crippen molar-refractivity contribution in [1.82, 2.24) is 25.9 Å². The summed E-state index contributed by atoms with van der Waals surface area (Å²) >= 11 is 0. The minimum Gasteiger partial charge on any atom is -0.480 e. The van der Waals surface area contributed by atoms with Crippen molar-refractivity contribution in [3.05, 3.63) is 71.0 Å². The van der Waals surface area contributed by atoms with Gasteiger partial charge in [-0.2, -0.15) is 0 Å². The van der Waals surface area contributed by atoms with E-state index in [0.29, 0.717) is 0 Å². The zero-order valence-electron chi connectivity index (χ0n) is 21.0. The van der Waals surface area contributed by atoms with Crippen LogP contribution in [0.2, 0.25) is 0 Å². The Bertz CT molecular complexity index is 1470. The molecule has 0 saturated carbocycles. The molecular weight excluding hydrogens is 482 g/mol. The minimum atomic E-state index is -1.03. The Morgan fingerprint density at radius 3 is 1.71 bits per heavy atom. The van der Waals surface area contributed by atoms with Gasteiger partial charge in [-0.25, -0.2) is 0 Å². The predicted octanol–water partition coefficient (Wildman–Crippen LogP) is 2.73. The summed E-state index contributed by atoms with van der Waals surface area (Å²) in [6, 6.07) is 17.3. The number of hydrogen-bond donors (Lipinski definition) is 6.